The largest absolute Gasteiger partial charge is 0.0596 e. The Morgan fingerprint density at radius 3 is 1.14 bits per heavy atom. The van der Waals surface area contributed by atoms with E-state index in [4.69, 9.17) is 0 Å². The van der Waals surface area contributed by atoms with Gasteiger partial charge in [0.2, 0.25) is 0 Å². The highest BCUT2D eigenvalue weighted by atomic mass is 14.4. The first-order chi connectivity index (χ1) is 6.62. The van der Waals surface area contributed by atoms with E-state index in [1.165, 1.54) is 64.2 Å². The van der Waals surface area contributed by atoms with E-state index in [-0.39, 0.29) is 0 Å². The summed E-state index contributed by atoms with van der Waals surface area (Å²) >= 11 is 0. The zero-order valence-corrected chi connectivity index (χ0v) is 10.1. The molecule has 0 aromatic heterocycles. The maximum atomic E-state index is 2.54. The first kappa shape index (κ1) is 10.5. The van der Waals surface area contributed by atoms with Crippen molar-refractivity contribution in [1.82, 2.24) is 0 Å². The molecule has 0 heterocycles. The lowest BCUT2D eigenvalue weighted by Crippen LogP contribution is -2.22. The van der Waals surface area contributed by atoms with Crippen molar-refractivity contribution < 1.29 is 0 Å². The van der Waals surface area contributed by atoms with E-state index in [0.717, 1.165) is 0 Å². The fourth-order valence-electron chi connectivity index (χ4n) is 3.74. The van der Waals surface area contributed by atoms with Gasteiger partial charge in [-0.3, -0.25) is 0 Å². The number of fused-ring (bicyclic) bond motifs is 7. The van der Waals surface area contributed by atoms with Gasteiger partial charge in [-0.15, -0.1) is 0 Å². The summed E-state index contributed by atoms with van der Waals surface area (Å²) in [6, 6.07) is 0. The monoisotopic (exact) mass is 194 g/mol. The fraction of sp³-hybridized carbons (Fsp3) is 1.00. The summed E-state index contributed by atoms with van der Waals surface area (Å²) in [6.07, 6.45) is 15.0. The summed E-state index contributed by atoms with van der Waals surface area (Å²) in [5.41, 5.74) is 1.43. The third kappa shape index (κ3) is 2.32. The molecule has 0 atom stereocenters. The van der Waals surface area contributed by atoms with E-state index >= 15 is 0 Å². The van der Waals surface area contributed by atoms with E-state index in [1.54, 1.807) is 0 Å². The van der Waals surface area contributed by atoms with Gasteiger partial charge in [0.1, 0.15) is 0 Å². The summed E-state index contributed by atoms with van der Waals surface area (Å²) in [4.78, 5) is 0. The molecule has 3 aliphatic carbocycles. The quantitative estimate of drug-likeness (QED) is 0.513. The van der Waals surface area contributed by atoms with Crippen LogP contribution in [0.3, 0.4) is 0 Å². The van der Waals surface area contributed by atoms with Crippen LogP contribution in [-0.4, -0.2) is 0 Å². The van der Waals surface area contributed by atoms with Crippen LogP contribution in [0.4, 0.5) is 0 Å². The Morgan fingerprint density at radius 2 is 0.786 bits per heavy atom. The molecular weight excluding hydrogens is 168 g/mol. The van der Waals surface area contributed by atoms with Gasteiger partial charge < -0.3 is 0 Å². The van der Waals surface area contributed by atoms with Crippen LogP contribution in [-0.2, 0) is 0 Å². The van der Waals surface area contributed by atoms with Gasteiger partial charge in [0.25, 0.3) is 0 Å². The van der Waals surface area contributed by atoms with Crippen LogP contribution < -0.4 is 0 Å². The smallest absolute Gasteiger partial charge is 0.0326 e. The topological polar surface area (TPSA) is 0 Å². The molecule has 0 aromatic carbocycles. The molecular formula is C14H26. The Kier molecular flexibility index (Phi) is 2.91. The summed E-state index contributed by atoms with van der Waals surface area (Å²) < 4.78 is 0. The molecule has 0 radical (unpaired) electrons. The van der Waals surface area contributed by atoms with Gasteiger partial charge in [0.15, 0.2) is 0 Å². The number of hydrogen-bond donors (Lipinski definition) is 0. The lowest BCUT2D eigenvalue weighted by atomic mass is 9.70. The van der Waals surface area contributed by atoms with Crippen LogP contribution in [0.2, 0.25) is 0 Å². The Morgan fingerprint density at radius 1 is 0.500 bits per heavy atom. The molecule has 0 aromatic rings. The highest BCUT2D eigenvalue weighted by Gasteiger charge is 2.33. The Hall–Kier alpha value is 0. The molecule has 0 spiro atoms. The molecule has 0 amide bonds. The van der Waals surface area contributed by atoms with E-state index in [9.17, 15) is 0 Å². The van der Waals surface area contributed by atoms with Crippen LogP contribution in [0.15, 0.2) is 0 Å². The summed E-state index contributed by atoms with van der Waals surface area (Å²) in [6.45, 7) is 5.09. The molecule has 14 heavy (non-hydrogen) atoms. The minimum atomic E-state index is 0.714. The van der Waals surface area contributed by atoms with Gasteiger partial charge >= 0.3 is 0 Å². The maximum Gasteiger partial charge on any atom is -0.0326 e. The van der Waals surface area contributed by atoms with Crippen molar-refractivity contribution in [1.29, 1.82) is 0 Å². The van der Waals surface area contributed by atoms with E-state index in [2.05, 4.69) is 13.8 Å². The second-order valence-corrected chi connectivity index (χ2v) is 6.54. The van der Waals surface area contributed by atoms with Gasteiger partial charge in [0.05, 0.1) is 0 Å². The zero-order valence-electron chi connectivity index (χ0n) is 10.1. The minimum Gasteiger partial charge on any atom is -0.0596 e. The van der Waals surface area contributed by atoms with Gasteiger partial charge in [0, 0.05) is 0 Å². The van der Waals surface area contributed by atoms with Crippen molar-refractivity contribution in [2.75, 3.05) is 0 Å². The average molecular weight is 194 g/mol. The standard InChI is InChI=1S/C14H26/c1-13-7-3-4-8-14(2,11-5-9-13)12-6-10-13/h3-12H2,1-2H3. The lowest BCUT2D eigenvalue weighted by Gasteiger charge is -2.35. The Labute approximate surface area is 89.5 Å². The van der Waals surface area contributed by atoms with Crippen molar-refractivity contribution in [3.05, 3.63) is 0 Å². The van der Waals surface area contributed by atoms with Crippen LogP contribution in [0, 0.1) is 10.8 Å². The molecule has 3 rings (SSSR count). The molecule has 0 heteroatoms. The highest BCUT2D eigenvalue weighted by Crippen LogP contribution is 2.47. The molecule has 0 nitrogen and oxygen atoms in total. The third-order valence-corrected chi connectivity index (χ3v) is 4.93. The van der Waals surface area contributed by atoms with Gasteiger partial charge in [-0.25, -0.2) is 0 Å². The molecule has 82 valence electrons. The van der Waals surface area contributed by atoms with Crippen LogP contribution in [0.1, 0.15) is 78.1 Å². The molecule has 0 saturated heterocycles. The van der Waals surface area contributed by atoms with Crippen molar-refractivity contribution in [3.63, 3.8) is 0 Å². The average Bonchev–Trinajstić information content (AvgIpc) is 2.20. The van der Waals surface area contributed by atoms with Crippen molar-refractivity contribution >= 4 is 0 Å². The molecule has 3 saturated carbocycles. The molecule has 3 fully saturated rings. The van der Waals surface area contributed by atoms with Crippen molar-refractivity contribution in [2.24, 2.45) is 10.8 Å². The van der Waals surface area contributed by atoms with Crippen LogP contribution in [0.5, 0.6) is 0 Å². The van der Waals surface area contributed by atoms with Crippen molar-refractivity contribution in [3.8, 4) is 0 Å². The summed E-state index contributed by atoms with van der Waals surface area (Å²) in [7, 11) is 0. The normalized spacial score (nSPS) is 45.0. The lowest BCUT2D eigenvalue weighted by molar-refractivity contribution is 0.167. The molecule has 2 bridgehead atoms. The Bertz CT molecular complexity index is 162. The van der Waals surface area contributed by atoms with Gasteiger partial charge in [-0.2, -0.15) is 0 Å². The van der Waals surface area contributed by atoms with E-state index in [1.807, 2.05) is 0 Å². The van der Waals surface area contributed by atoms with Gasteiger partial charge in [-0.05, 0) is 49.4 Å². The summed E-state index contributed by atoms with van der Waals surface area (Å²) in [5.74, 6) is 0. The summed E-state index contributed by atoms with van der Waals surface area (Å²) in [5, 5.41) is 0. The second kappa shape index (κ2) is 3.87. The molecule has 0 unspecified atom stereocenters. The first-order valence-corrected chi connectivity index (χ1v) is 6.62. The highest BCUT2D eigenvalue weighted by molar-refractivity contribution is 4.85. The fourth-order valence-corrected chi connectivity index (χ4v) is 3.74. The minimum absolute atomic E-state index is 0.714. The molecule has 0 N–H and O–H groups in total. The molecule has 3 aliphatic rings. The van der Waals surface area contributed by atoms with Crippen LogP contribution >= 0.6 is 0 Å². The molecule has 0 aliphatic heterocycles. The van der Waals surface area contributed by atoms with E-state index in [0.29, 0.717) is 10.8 Å². The number of rotatable bonds is 0. The first-order valence-electron chi connectivity index (χ1n) is 6.62. The van der Waals surface area contributed by atoms with E-state index < -0.39 is 0 Å². The zero-order chi connectivity index (χ0) is 10.1. The number of hydrogen-bond acceptors (Lipinski definition) is 0. The maximum absolute atomic E-state index is 2.54. The predicted octanol–water partition coefficient (Wildman–Crippen LogP) is 4.93. The van der Waals surface area contributed by atoms with Gasteiger partial charge in [-0.1, -0.05) is 39.5 Å². The van der Waals surface area contributed by atoms with Crippen LogP contribution in [0.25, 0.3) is 0 Å². The Balaban J connectivity index is 2.12. The second-order valence-electron chi connectivity index (χ2n) is 6.54. The predicted molar refractivity (Wildman–Crippen MR) is 62.4 cm³/mol. The SMILES string of the molecule is CC12CCCCC(C)(CCC1)CCC2. The van der Waals surface area contributed by atoms with Crippen molar-refractivity contribution in [2.45, 2.75) is 78.1 Å². The third-order valence-electron chi connectivity index (χ3n) is 4.93.